The minimum Gasteiger partial charge on any atom is -0.492 e. The summed E-state index contributed by atoms with van der Waals surface area (Å²) < 4.78 is 35.3. The molecular formula is C27H30BrN3O5S. The molecule has 0 bridgehead atoms. The molecule has 0 aliphatic heterocycles. The van der Waals surface area contributed by atoms with Gasteiger partial charge >= 0.3 is 0 Å². The van der Waals surface area contributed by atoms with Gasteiger partial charge in [-0.1, -0.05) is 58.4 Å². The van der Waals surface area contributed by atoms with E-state index in [4.69, 9.17) is 4.74 Å². The van der Waals surface area contributed by atoms with Gasteiger partial charge in [-0.3, -0.25) is 13.9 Å². The number of likely N-dealkylation sites (N-methyl/N-ethyl adjacent to an activating group) is 1. The third-order valence-corrected chi connectivity index (χ3v) is 8.03. The van der Waals surface area contributed by atoms with Crippen molar-refractivity contribution in [3.63, 3.8) is 0 Å². The van der Waals surface area contributed by atoms with Crippen LogP contribution in [0.5, 0.6) is 5.75 Å². The number of nitrogens with one attached hydrogen (secondary N) is 1. The average Bonchev–Trinajstić information content (AvgIpc) is 2.91. The van der Waals surface area contributed by atoms with Gasteiger partial charge in [0.05, 0.1) is 17.2 Å². The highest BCUT2D eigenvalue weighted by molar-refractivity contribution is 9.10. The Morgan fingerprint density at radius 1 is 0.973 bits per heavy atom. The minimum atomic E-state index is -4.15. The van der Waals surface area contributed by atoms with Crippen LogP contribution >= 0.6 is 15.9 Å². The number of ether oxygens (including phenoxy) is 1. The molecule has 0 aliphatic carbocycles. The molecule has 0 spiro atoms. The van der Waals surface area contributed by atoms with Gasteiger partial charge in [0.15, 0.2) is 0 Å². The largest absolute Gasteiger partial charge is 0.492 e. The van der Waals surface area contributed by atoms with Crippen molar-refractivity contribution in [2.75, 3.05) is 24.5 Å². The molecule has 8 nitrogen and oxygen atoms in total. The predicted octanol–water partition coefficient (Wildman–Crippen LogP) is 4.21. The molecule has 0 aliphatic rings. The lowest BCUT2D eigenvalue weighted by atomic mass is 10.1. The minimum absolute atomic E-state index is 0.0351. The molecular weight excluding hydrogens is 558 g/mol. The lowest BCUT2D eigenvalue weighted by molar-refractivity contribution is -0.139. The van der Waals surface area contributed by atoms with Crippen LogP contribution in [-0.4, -0.2) is 51.4 Å². The Morgan fingerprint density at radius 2 is 1.59 bits per heavy atom. The van der Waals surface area contributed by atoms with Crippen LogP contribution in [0.15, 0.2) is 88.2 Å². The van der Waals surface area contributed by atoms with Crippen LogP contribution in [0, 0.1) is 0 Å². The summed E-state index contributed by atoms with van der Waals surface area (Å²) in [7, 11) is -2.66. The zero-order valence-corrected chi connectivity index (χ0v) is 23.3. The molecule has 37 heavy (non-hydrogen) atoms. The molecule has 10 heteroatoms. The fraction of sp³-hybridized carbons (Fsp3) is 0.259. The van der Waals surface area contributed by atoms with Gasteiger partial charge in [-0.25, -0.2) is 8.42 Å². The van der Waals surface area contributed by atoms with Gasteiger partial charge < -0.3 is 15.0 Å². The van der Waals surface area contributed by atoms with Crippen molar-refractivity contribution in [2.45, 2.75) is 31.3 Å². The molecule has 1 N–H and O–H groups in total. The van der Waals surface area contributed by atoms with E-state index >= 15 is 0 Å². The highest BCUT2D eigenvalue weighted by Crippen LogP contribution is 2.32. The van der Waals surface area contributed by atoms with Crippen LogP contribution in [0.3, 0.4) is 0 Å². The molecule has 0 aromatic heterocycles. The maximum Gasteiger partial charge on any atom is 0.264 e. The smallest absolute Gasteiger partial charge is 0.264 e. The lowest BCUT2D eigenvalue weighted by Gasteiger charge is -2.32. The monoisotopic (exact) mass is 587 g/mol. The van der Waals surface area contributed by atoms with E-state index in [1.165, 1.54) is 24.1 Å². The summed E-state index contributed by atoms with van der Waals surface area (Å²) in [5.41, 5.74) is 1.03. The summed E-state index contributed by atoms with van der Waals surface area (Å²) >= 11 is 3.40. The van der Waals surface area contributed by atoms with E-state index in [1.54, 1.807) is 56.3 Å². The maximum atomic E-state index is 13.8. The first-order valence-corrected chi connectivity index (χ1v) is 14.0. The Balaban J connectivity index is 2.06. The zero-order chi connectivity index (χ0) is 27.0. The number of carbonyl (C=O) groups is 2. The summed E-state index contributed by atoms with van der Waals surface area (Å²) in [6, 6.07) is 21.1. The molecule has 0 saturated heterocycles. The summed E-state index contributed by atoms with van der Waals surface area (Å²) in [6.45, 7) is 3.31. The normalized spacial score (nSPS) is 11.9. The van der Waals surface area contributed by atoms with Gasteiger partial charge in [-0.05, 0) is 55.8 Å². The Kier molecular flexibility index (Phi) is 9.71. The molecule has 0 fully saturated rings. The van der Waals surface area contributed by atoms with Crippen LogP contribution in [0.2, 0.25) is 0 Å². The summed E-state index contributed by atoms with van der Waals surface area (Å²) in [5.74, 6) is -0.571. The third-order valence-electron chi connectivity index (χ3n) is 5.72. The zero-order valence-electron chi connectivity index (χ0n) is 20.9. The van der Waals surface area contributed by atoms with E-state index in [9.17, 15) is 18.0 Å². The van der Waals surface area contributed by atoms with Crippen molar-refractivity contribution >= 4 is 43.5 Å². The van der Waals surface area contributed by atoms with Crippen molar-refractivity contribution in [3.8, 4) is 5.75 Å². The standard InChI is InChI=1S/C27H30BrN3O5S/c1-4-36-25-13-9-8-12-24(25)31(37(34,35)23-10-6-5-7-11-23)19-26(32)30(20(2)27(33)29-3)18-21-14-16-22(28)17-15-21/h5-17,20H,4,18-19H2,1-3H3,(H,29,33)/t20-/m1/s1. The molecule has 3 aromatic rings. The van der Waals surface area contributed by atoms with Crippen molar-refractivity contribution in [2.24, 2.45) is 0 Å². The summed E-state index contributed by atoms with van der Waals surface area (Å²) in [5, 5.41) is 2.57. The number of anilines is 1. The fourth-order valence-corrected chi connectivity index (χ4v) is 5.46. The number of sulfonamides is 1. The molecule has 0 saturated carbocycles. The van der Waals surface area contributed by atoms with Crippen molar-refractivity contribution in [3.05, 3.63) is 88.9 Å². The Labute approximate surface area is 226 Å². The maximum absolute atomic E-state index is 13.8. The van der Waals surface area contributed by atoms with Gasteiger partial charge in [0.1, 0.15) is 18.3 Å². The van der Waals surface area contributed by atoms with Crippen LogP contribution in [0.1, 0.15) is 19.4 Å². The van der Waals surface area contributed by atoms with E-state index in [2.05, 4.69) is 21.2 Å². The van der Waals surface area contributed by atoms with E-state index < -0.39 is 28.5 Å². The fourth-order valence-electron chi connectivity index (χ4n) is 3.75. The topological polar surface area (TPSA) is 96.0 Å². The second-order valence-electron chi connectivity index (χ2n) is 8.16. The van der Waals surface area contributed by atoms with Crippen molar-refractivity contribution in [1.29, 1.82) is 0 Å². The highest BCUT2D eigenvalue weighted by atomic mass is 79.9. The third kappa shape index (κ3) is 6.90. The Bertz CT molecular complexity index is 1320. The first-order valence-electron chi connectivity index (χ1n) is 11.7. The van der Waals surface area contributed by atoms with Crippen LogP contribution in [-0.2, 0) is 26.2 Å². The van der Waals surface area contributed by atoms with Crippen molar-refractivity contribution < 1.29 is 22.7 Å². The molecule has 196 valence electrons. The van der Waals surface area contributed by atoms with Gasteiger partial charge in [0.2, 0.25) is 11.8 Å². The number of hydrogen-bond donors (Lipinski definition) is 1. The van der Waals surface area contributed by atoms with E-state index in [0.717, 1.165) is 14.3 Å². The highest BCUT2D eigenvalue weighted by Gasteiger charge is 2.33. The second kappa shape index (κ2) is 12.7. The molecule has 2 amide bonds. The quantitative estimate of drug-likeness (QED) is 0.362. The number of rotatable bonds is 11. The number of para-hydroxylation sites is 2. The number of carbonyl (C=O) groups excluding carboxylic acids is 2. The van der Waals surface area contributed by atoms with Gasteiger partial charge in [0.25, 0.3) is 10.0 Å². The molecule has 1 atom stereocenters. The van der Waals surface area contributed by atoms with Crippen molar-refractivity contribution in [1.82, 2.24) is 10.2 Å². The van der Waals surface area contributed by atoms with E-state index in [-0.39, 0.29) is 23.0 Å². The number of benzene rings is 3. The molecule has 3 aromatic carbocycles. The van der Waals surface area contributed by atoms with Gasteiger partial charge in [0, 0.05) is 18.1 Å². The number of nitrogens with zero attached hydrogens (tertiary/aromatic N) is 2. The van der Waals surface area contributed by atoms with Gasteiger partial charge in [-0.15, -0.1) is 0 Å². The Hall–Kier alpha value is -3.37. The molecule has 0 heterocycles. The van der Waals surface area contributed by atoms with Crippen LogP contribution in [0.25, 0.3) is 0 Å². The van der Waals surface area contributed by atoms with E-state index in [1.807, 2.05) is 24.3 Å². The first kappa shape index (κ1) is 28.2. The summed E-state index contributed by atoms with van der Waals surface area (Å²) in [4.78, 5) is 27.8. The SMILES string of the molecule is CCOc1ccccc1N(CC(=O)N(Cc1ccc(Br)cc1)[C@H](C)C(=O)NC)S(=O)(=O)c1ccccc1. The molecule has 3 rings (SSSR count). The summed E-state index contributed by atoms with van der Waals surface area (Å²) in [6.07, 6.45) is 0. The number of hydrogen-bond acceptors (Lipinski definition) is 5. The molecule has 0 unspecified atom stereocenters. The number of amides is 2. The predicted molar refractivity (Wildman–Crippen MR) is 147 cm³/mol. The molecule has 0 radical (unpaired) electrons. The average molecular weight is 589 g/mol. The van der Waals surface area contributed by atoms with E-state index in [0.29, 0.717) is 12.4 Å². The van der Waals surface area contributed by atoms with Crippen LogP contribution < -0.4 is 14.4 Å². The first-order chi connectivity index (χ1) is 17.7. The lowest BCUT2D eigenvalue weighted by Crippen LogP contribution is -2.50. The number of halogens is 1. The Morgan fingerprint density at radius 3 is 2.22 bits per heavy atom. The van der Waals surface area contributed by atoms with Crippen LogP contribution in [0.4, 0.5) is 5.69 Å². The van der Waals surface area contributed by atoms with Gasteiger partial charge in [-0.2, -0.15) is 0 Å². The second-order valence-corrected chi connectivity index (χ2v) is 10.9.